The molecule has 2 aliphatic heterocycles. The van der Waals surface area contributed by atoms with E-state index in [1.165, 1.54) is 0 Å². The highest BCUT2D eigenvalue weighted by Gasteiger charge is 2.32. The lowest BCUT2D eigenvalue weighted by Crippen LogP contribution is -2.53. The molecule has 0 radical (unpaired) electrons. The van der Waals surface area contributed by atoms with Crippen molar-refractivity contribution in [1.82, 2.24) is 14.8 Å². The van der Waals surface area contributed by atoms with Crippen molar-refractivity contribution in [2.75, 3.05) is 44.2 Å². The summed E-state index contributed by atoms with van der Waals surface area (Å²) in [5.74, 6) is 0.135. The molecule has 2 fully saturated rings. The quantitative estimate of drug-likeness (QED) is 0.664. The molecule has 4 rings (SSSR count). The number of anilines is 1. The van der Waals surface area contributed by atoms with E-state index in [-0.39, 0.29) is 24.5 Å². The Balaban J connectivity index is 1.23. The lowest BCUT2D eigenvalue weighted by atomic mass is 9.94. The molecule has 7 nitrogen and oxygen atoms in total. The number of aromatic nitrogens is 1. The van der Waals surface area contributed by atoms with Crippen molar-refractivity contribution in [3.63, 3.8) is 0 Å². The minimum Gasteiger partial charge on any atom is -0.445 e. The van der Waals surface area contributed by atoms with Gasteiger partial charge in [0.15, 0.2) is 0 Å². The van der Waals surface area contributed by atoms with Crippen LogP contribution in [0.4, 0.5) is 10.5 Å². The first-order chi connectivity index (χ1) is 15.5. The largest absolute Gasteiger partial charge is 0.445 e. The van der Waals surface area contributed by atoms with Gasteiger partial charge in [-0.25, -0.2) is 4.79 Å². The molecule has 0 aliphatic carbocycles. The molecule has 0 saturated carbocycles. The van der Waals surface area contributed by atoms with E-state index >= 15 is 0 Å². The van der Waals surface area contributed by atoms with Gasteiger partial charge in [0.05, 0.1) is 15.7 Å². The third-order valence-corrected chi connectivity index (χ3v) is 6.60. The highest BCUT2D eigenvalue weighted by Crippen LogP contribution is 2.35. The number of ether oxygens (including phenoxy) is 1. The van der Waals surface area contributed by atoms with Gasteiger partial charge < -0.3 is 19.4 Å². The van der Waals surface area contributed by atoms with Gasteiger partial charge in [0.25, 0.3) is 0 Å². The SMILES string of the molecule is O=C(OCc1ccccc1)N1CCN(C(=O)C2CCN(c3c(Cl)cncc3Cl)CC2)CC1. The van der Waals surface area contributed by atoms with E-state index in [0.29, 0.717) is 49.3 Å². The third-order valence-electron chi connectivity index (χ3n) is 6.04. The number of amides is 2. The zero-order valence-electron chi connectivity index (χ0n) is 17.8. The molecule has 2 saturated heterocycles. The maximum absolute atomic E-state index is 13.0. The van der Waals surface area contributed by atoms with Crippen LogP contribution in [0.2, 0.25) is 10.0 Å². The predicted octanol–water partition coefficient (Wildman–Crippen LogP) is 4.09. The summed E-state index contributed by atoms with van der Waals surface area (Å²) in [6.45, 7) is 3.71. The summed E-state index contributed by atoms with van der Waals surface area (Å²) in [6, 6.07) is 9.60. The molecule has 32 heavy (non-hydrogen) atoms. The minimum absolute atomic E-state index is 0.0257. The van der Waals surface area contributed by atoms with Gasteiger partial charge in [-0.1, -0.05) is 53.5 Å². The molecule has 1 aromatic heterocycles. The predicted molar refractivity (Wildman–Crippen MR) is 124 cm³/mol. The number of hydrogen-bond acceptors (Lipinski definition) is 5. The van der Waals surface area contributed by atoms with Gasteiger partial charge in [-0.3, -0.25) is 9.78 Å². The number of carbonyl (C=O) groups is 2. The van der Waals surface area contributed by atoms with Gasteiger partial charge in [0, 0.05) is 57.6 Å². The first kappa shape index (κ1) is 22.7. The Bertz CT molecular complexity index is 923. The van der Waals surface area contributed by atoms with E-state index in [1.807, 2.05) is 35.2 Å². The lowest BCUT2D eigenvalue weighted by molar-refractivity contribution is -0.137. The average molecular weight is 477 g/mol. The Kier molecular flexibility index (Phi) is 7.37. The molecule has 9 heteroatoms. The monoisotopic (exact) mass is 476 g/mol. The molecule has 1 aromatic carbocycles. The van der Waals surface area contributed by atoms with Crippen LogP contribution in [0.25, 0.3) is 0 Å². The van der Waals surface area contributed by atoms with E-state index in [0.717, 1.165) is 24.1 Å². The van der Waals surface area contributed by atoms with Crippen LogP contribution in [0.1, 0.15) is 18.4 Å². The molecule has 2 amide bonds. The van der Waals surface area contributed by atoms with Gasteiger partial charge in [-0.2, -0.15) is 0 Å². The van der Waals surface area contributed by atoms with Crippen molar-refractivity contribution >= 4 is 40.9 Å². The summed E-state index contributed by atoms with van der Waals surface area (Å²) in [7, 11) is 0. The van der Waals surface area contributed by atoms with E-state index in [1.54, 1.807) is 17.3 Å². The van der Waals surface area contributed by atoms with E-state index in [4.69, 9.17) is 27.9 Å². The summed E-state index contributed by atoms with van der Waals surface area (Å²) in [4.78, 5) is 35.0. The van der Waals surface area contributed by atoms with E-state index in [9.17, 15) is 9.59 Å². The Morgan fingerprint density at radius 1 is 0.906 bits per heavy atom. The number of halogens is 2. The second-order valence-electron chi connectivity index (χ2n) is 8.07. The number of nitrogens with zero attached hydrogens (tertiary/aromatic N) is 4. The molecular weight excluding hydrogens is 451 g/mol. The molecule has 2 aliphatic rings. The normalized spacial score (nSPS) is 17.4. The number of carbonyl (C=O) groups excluding carboxylic acids is 2. The zero-order valence-corrected chi connectivity index (χ0v) is 19.3. The fraction of sp³-hybridized carbons (Fsp3) is 0.435. The Morgan fingerprint density at radius 3 is 2.12 bits per heavy atom. The molecule has 0 atom stereocenters. The van der Waals surface area contributed by atoms with Crippen LogP contribution in [-0.4, -0.2) is 66.1 Å². The van der Waals surface area contributed by atoms with Crippen molar-refractivity contribution in [3.05, 3.63) is 58.3 Å². The van der Waals surface area contributed by atoms with Crippen molar-refractivity contribution in [1.29, 1.82) is 0 Å². The first-order valence-electron chi connectivity index (χ1n) is 10.8. The fourth-order valence-corrected chi connectivity index (χ4v) is 4.84. The minimum atomic E-state index is -0.333. The van der Waals surface area contributed by atoms with E-state index < -0.39 is 0 Å². The van der Waals surface area contributed by atoms with Crippen molar-refractivity contribution in [2.24, 2.45) is 5.92 Å². The van der Waals surface area contributed by atoms with E-state index in [2.05, 4.69) is 9.88 Å². The third kappa shape index (κ3) is 5.27. The van der Waals surface area contributed by atoms with Gasteiger partial charge in [-0.15, -0.1) is 0 Å². The molecule has 0 N–H and O–H groups in total. The molecular formula is C23H26Cl2N4O3. The summed E-state index contributed by atoms with van der Waals surface area (Å²) in [5.41, 5.74) is 1.74. The summed E-state index contributed by atoms with van der Waals surface area (Å²) in [5, 5.41) is 1.05. The van der Waals surface area contributed by atoms with Crippen LogP contribution in [0.3, 0.4) is 0 Å². The average Bonchev–Trinajstić information content (AvgIpc) is 2.83. The van der Waals surface area contributed by atoms with Crippen LogP contribution >= 0.6 is 23.2 Å². The number of hydrogen-bond donors (Lipinski definition) is 0. The Morgan fingerprint density at radius 2 is 1.50 bits per heavy atom. The fourth-order valence-electron chi connectivity index (χ4n) is 4.23. The summed E-state index contributed by atoms with van der Waals surface area (Å²) in [6.07, 6.45) is 4.33. The van der Waals surface area contributed by atoms with Crippen LogP contribution in [0.15, 0.2) is 42.7 Å². The van der Waals surface area contributed by atoms with Crippen LogP contribution in [0.5, 0.6) is 0 Å². The summed E-state index contributed by atoms with van der Waals surface area (Å²) >= 11 is 12.5. The molecule has 0 bridgehead atoms. The topological polar surface area (TPSA) is 66.0 Å². The lowest BCUT2D eigenvalue weighted by Gasteiger charge is -2.39. The standard InChI is InChI=1S/C23H26Cl2N4O3/c24-19-14-26-15-20(25)21(19)27-8-6-18(7-9-27)22(30)28-10-12-29(13-11-28)23(31)32-16-17-4-2-1-3-5-17/h1-5,14-15,18H,6-13,16H2. The van der Waals surface area contributed by atoms with Crippen LogP contribution < -0.4 is 4.90 Å². The highest BCUT2D eigenvalue weighted by atomic mass is 35.5. The molecule has 2 aromatic rings. The Labute approximate surface area is 197 Å². The molecule has 0 spiro atoms. The number of benzene rings is 1. The summed E-state index contributed by atoms with van der Waals surface area (Å²) < 4.78 is 5.40. The number of piperazine rings is 1. The maximum Gasteiger partial charge on any atom is 0.410 e. The zero-order chi connectivity index (χ0) is 22.5. The van der Waals surface area contributed by atoms with Crippen molar-refractivity contribution in [2.45, 2.75) is 19.4 Å². The molecule has 3 heterocycles. The molecule has 170 valence electrons. The number of rotatable bonds is 4. The van der Waals surface area contributed by atoms with Gasteiger partial charge >= 0.3 is 6.09 Å². The van der Waals surface area contributed by atoms with Gasteiger partial charge in [0.1, 0.15) is 6.61 Å². The maximum atomic E-state index is 13.0. The number of pyridine rings is 1. The first-order valence-corrected chi connectivity index (χ1v) is 11.6. The smallest absolute Gasteiger partial charge is 0.410 e. The Hall–Kier alpha value is -2.51. The highest BCUT2D eigenvalue weighted by molar-refractivity contribution is 6.38. The van der Waals surface area contributed by atoms with Crippen molar-refractivity contribution < 1.29 is 14.3 Å². The van der Waals surface area contributed by atoms with Gasteiger partial charge in [0.2, 0.25) is 5.91 Å². The van der Waals surface area contributed by atoms with Crippen molar-refractivity contribution in [3.8, 4) is 0 Å². The van der Waals surface area contributed by atoms with Crippen LogP contribution in [0, 0.1) is 5.92 Å². The second kappa shape index (κ2) is 10.4. The van der Waals surface area contributed by atoms with Crippen LogP contribution in [-0.2, 0) is 16.1 Å². The molecule has 0 unspecified atom stereocenters. The second-order valence-corrected chi connectivity index (χ2v) is 8.88. The number of piperidine rings is 1. The van der Waals surface area contributed by atoms with Gasteiger partial charge in [-0.05, 0) is 18.4 Å².